The Morgan fingerprint density at radius 2 is 1.82 bits per heavy atom. The number of aromatic nitrogens is 6. The van der Waals surface area contributed by atoms with Gasteiger partial charge in [0.2, 0.25) is 5.91 Å². The number of fused-ring (bicyclic) bond motifs is 1. The highest BCUT2D eigenvalue weighted by Crippen LogP contribution is 2.37. The van der Waals surface area contributed by atoms with Crippen molar-refractivity contribution in [2.75, 3.05) is 36.9 Å². The van der Waals surface area contributed by atoms with Crippen LogP contribution in [-0.4, -0.2) is 78.6 Å². The SMILES string of the molecule is CC(=O)N1C(C)CN(c2cncc(-c3cc(-c4ccnn4C4CCOCC4)c4c(N)ncnn34)c2)CC1C. The predicted molar refractivity (Wildman–Crippen MR) is 145 cm³/mol. The average molecular weight is 516 g/mol. The molecule has 4 aromatic heterocycles. The average Bonchev–Trinajstić information content (AvgIpc) is 3.54. The van der Waals surface area contributed by atoms with Crippen LogP contribution in [0.3, 0.4) is 0 Å². The Balaban J connectivity index is 1.41. The van der Waals surface area contributed by atoms with Crippen LogP contribution in [0.2, 0.25) is 0 Å². The highest BCUT2D eigenvalue weighted by atomic mass is 16.5. The summed E-state index contributed by atoms with van der Waals surface area (Å²) in [5.41, 5.74) is 11.9. The Bertz CT molecular complexity index is 1460. The summed E-state index contributed by atoms with van der Waals surface area (Å²) in [6.45, 7) is 8.77. The van der Waals surface area contributed by atoms with Crippen LogP contribution < -0.4 is 10.6 Å². The molecule has 4 aromatic rings. The largest absolute Gasteiger partial charge is 0.382 e. The number of hydrogen-bond acceptors (Lipinski definition) is 8. The van der Waals surface area contributed by atoms with Crippen LogP contribution >= 0.6 is 0 Å². The summed E-state index contributed by atoms with van der Waals surface area (Å²) in [6.07, 6.45) is 8.87. The van der Waals surface area contributed by atoms with Gasteiger partial charge in [-0.05, 0) is 44.9 Å². The molecule has 38 heavy (non-hydrogen) atoms. The first-order valence-electron chi connectivity index (χ1n) is 13.2. The van der Waals surface area contributed by atoms with Gasteiger partial charge in [-0.15, -0.1) is 0 Å². The predicted octanol–water partition coefficient (Wildman–Crippen LogP) is 3.03. The van der Waals surface area contributed by atoms with E-state index in [0.717, 1.165) is 72.9 Å². The molecule has 11 heteroatoms. The normalized spacial score (nSPS) is 20.8. The van der Waals surface area contributed by atoms with E-state index in [1.807, 2.05) is 34.1 Å². The molecule has 11 nitrogen and oxygen atoms in total. The molecule has 6 heterocycles. The van der Waals surface area contributed by atoms with Gasteiger partial charge in [0.15, 0.2) is 5.82 Å². The highest BCUT2D eigenvalue weighted by molar-refractivity contribution is 5.91. The minimum absolute atomic E-state index is 0.110. The third-order valence-electron chi connectivity index (χ3n) is 7.73. The van der Waals surface area contributed by atoms with Gasteiger partial charge in [0.1, 0.15) is 11.8 Å². The maximum atomic E-state index is 12.1. The topological polar surface area (TPSA) is 120 Å². The maximum Gasteiger partial charge on any atom is 0.220 e. The van der Waals surface area contributed by atoms with Crippen molar-refractivity contribution in [3.63, 3.8) is 0 Å². The van der Waals surface area contributed by atoms with Crippen molar-refractivity contribution in [2.45, 2.75) is 51.7 Å². The molecule has 2 N–H and O–H groups in total. The molecule has 2 aliphatic rings. The van der Waals surface area contributed by atoms with Gasteiger partial charge in [-0.2, -0.15) is 10.2 Å². The minimum Gasteiger partial charge on any atom is -0.382 e. The molecule has 0 bridgehead atoms. The second kappa shape index (κ2) is 9.71. The zero-order chi connectivity index (χ0) is 26.4. The quantitative estimate of drug-likeness (QED) is 0.440. The summed E-state index contributed by atoms with van der Waals surface area (Å²) in [5.74, 6) is 0.522. The minimum atomic E-state index is 0.110. The summed E-state index contributed by atoms with van der Waals surface area (Å²) < 4.78 is 9.50. The zero-order valence-corrected chi connectivity index (χ0v) is 22.0. The lowest BCUT2D eigenvalue weighted by Crippen LogP contribution is -2.58. The zero-order valence-electron chi connectivity index (χ0n) is 22.0. The van der Waals surface area contributed by atoms with E-state index >= 15 is 0 Å². The van der Waals surface area contributed by atoms with E-state index in [1.54, 1.807) is 6.92 Å². The fraction of sp³-hybridized carbons (Fsp3) is 0.444. The van der Waals surface area contributed by atoms with Crippen molar-refractivity contribution in [1.29, 1.82) is 0 Å². The lowest BCUT2D eigenvalue weighted by Gasteiger charge is -2.45. The molecule has 2 fully saturated rings. The molecule has 0 spiro atoms. The first kappa shape index (κ1) is 24.4. The number of rotatable bonds is 4. The number of hydrogen-bond donors (Lipinski definition) is 1. The number of piperazine rings is 1. The number of anilines is 2. The van der Waals surface area contributed by atoms with Gasteiger partial charge in [-0.1, -0.05) is 0 Å². The summed E-state index contributed by atoms with van der Waals surface area (Å²) in [4.78, 5) is 25.3. The fourth-order valence-corrected chi connectivity index (χ4v) is 6.11. The number of pyridine rings is 1. The van der Waals surface area contributed by atoms with Crippen molar-refractivity contribution in [3.8, 4) is 22.5 Å². The molecule has 2 atom stereocenters. The fourth-order valence-electron chi connectivity index (χ4n) is 6.11. The number of carbonyl (C=O) groups is 1. The smallest absolute Gasteiger partial charge is 0.220 e. The van der Waals surface area contributed by atoms with Gasteiger partial charge in [0.05, 0.1) is 29.3 Å². The Morgan fingerprint density at radius 1 is 1.05 bits per heavy atom. The van der Waals surface area contributed by atoms with Crippen LogP contribution in [0.1, 0.15) is 39.7 Å². The van der Waals surface area contributed by atoms with Crippen LogP contribution in [0.25, 0.3) is 28.0 Å². The highest BCUT2D eigenvalue weighted by Gasteiger charge is 2.31. The molecule has 0 saturated carbocycles. The van der Waals surface area contributed by atoms with Gasteiger partial charge in [-0.3, -0.25) is 14.5 Å². The van der Waals surface area contributed by atoms with Crippen molar-refractivity contribution in [1.82, 2.24) is 34.3 Å². The Hall–Kier alpha value is -3.99. The lowest BCUT2D eigenvalue weighted by atomic mass is 10.1. The molecule has 0 aliphatic carbocycles. The van der Waals surface area contributed by atoms with E-state index in [-0.39, 0.29) is 24.0 Å². The number of carbonyl (C=O) groups excluding carboxylic acids is 1. The van der Waals surface area contributed by atoms with E-state index in [4.69, 9.17) is 10.5 Å². The number of ether oxygens (including phenoxy) is 1. The molecule has 0 radical (unpaired) electrons. The standard InChI is InChI=1S/C27H33N9O2/c1-17-14-33(15-18(2)34(17)19(3)37)22-10-20(12-29-13-22)25-11-23(26-27(28)30-16-32-36(25)26)24-4-7-31-35(24)21-5-8-38-9-6-21/h4,7,10-13,16-18,21H,5-6,8-9,14-15H2,1-3H3,(H2,28,30,32). The van der Waals surface area contributed by atoms with Crippen LogP contribution in [0.4, 0.5) is 11.5 Å². The second-order valence-corrected chi connectivity index (χ2v) is 10.3. The van der Waals surface area contributed by atoms with E-state index in [1.165, 1.54) is 6.33 Å². The molecule has 2 saturated heterocycles. The second-order valence-electron chi connectivity index (χ2n) is 10.3. The number of nitrogens with zero attached hydrogens (tertiary/aromatic N) is 8. The number of amides is 1. The van der Waals surface area contributed by atoms with Crippen molar-refractivity contribution >= 4 is 22.9 Å². The van der Waals surface area contributed by atoms with Gasteiger partial charge in [-0.25, -0.2) is 9.50 Å². The van der Waals surface area contributed by atoms with Crippen molar-refractivity contribution in [2.24, 2.45) is 0 Å². The van der Waals surface area contributed by atoms with Crippen molar-refractivity contribution in [3.05, 3.63) is 43.1 Å². The number of nitrogen functional groups attached to an aromatic ring is 1. The summed E-state index contributed by atoms with van der Waals surface area (Å²) in [6, 6.07) is 6.74. The molecule has 0 aromatic carbocycles. The summed E-state index contributed by atoms with van der Waals surface area (Å²) in [5, 5.41) is 9.24. The van der Waals surface area contributed by atoms with Crippen LogP contribution in [0, 0.1) is 0 Å². The third kappa shape index (κ3) is 4.16. The van der Waals surface area contributed by atoms with Crippen LogP contribution in [0.15, 0.2) is 43.1 Å². The molecule has 6 rings (SSSR count). The Labute approximate surface area is 221 Å². The van der Waals surface area contributed by atoms with Crippen LogP contribution in [0.5, 0.6) is 0 Å². The molecule has 1 amide bonds. The van der Waals surface area contributed by atoms with E-state index in [9.17, 15) is 4.79 Å². The lowest BCUT2D eigenvalue weighted by molar-refractivity contribution is -0.133. The molecule has 2 aliphatic heterocycles. The van der Waals surface area contributed by atoms with Crippen LogP contribution in [-0.2, 0) is 9.53 Å². The van der Waals surface area contributed by atoms with E-state index in [2.05, 4.69) is 55.7 Å². The van der Waals surface area contributed by atoms with E-state index in [0.29, 0.717) is 5.82 Å². The van der Waals surface area contributed by atoms with Gasteiger partial charge in [0, 0.05) is 68.8 Å². The van der Waals surface area contributed by atoms with Gasteiger partial charge < -0.3 is 20.3 Å². The molecular weight excluding hydrogens is 482 g/mol. The Morgan fingerprint density at radius 3 is 2.55 bits per heavy atom. The van der Waals surface area contributed by atoms with Gasteiger partial charge >= 0.3 is 0 Å². The molecule has 2 unspecified atom stereocenters. The van der Waals surface area contributed by atoms with Gasteiger partial charge in [0.25, 0.3) is 0 Å². The first-order valence-corrected chi connectivity index (χ1v) is 13.2. The maximum absolute atomic E-state index is 12.1. The summed E-state index contributed by atoms with van der Waals surface area (Å²) >= 11 is 0. The van der Waals surface area contributed by atoms with E-state index < -0.39 is 0 Å². The van der Waals surface area contributed by atoms with Crippen molar-refractivity contribution < 1.29 is 9.53 Å². The monoisotopic (exact) mass is 515 g/mol. The first-order chi connectivity index (χ1) is 18.4. The third-order valence-corrected chi connectivity index (χ3v) is 7.73. The molecule has 198 valence electrons. The summed E-state index contributed by atoms with van der Waals surface area (Å²) in [7, 11) is 0. The number of nitrogens with two attached hydrogens (primary N) is 1. The Kier molecular flexibility index (Phi) is 6.22. The molecular formula is C27H33N9O2.